The lowest BCUT2D eigenvalue weighted by molar-refractivity contribution is -0.193. The zero-order valence-corrected chi connectivity index (χ0v) is 20.9. The summed E-state index contributed by atoms with van der Waals surface area (Å²) in [6.07, 6.45) is -6.38. The van der Waals surface area contributed by atoms with Crippen molar-refractivity contribution in [3.63, 3.8) is 0 Å². The molecule has 0 unspecified atom stereocenters. The van der Waals surface area contributed by atoms with Gasteiger partial charge in [0.25, 0.3) is 0 Å². The van der Waals surface area contributed by atoms with E-state index in [9.17, 15) is 26.3 Å². The Balaban J connectivity index is 0.000000317. The molecule has 0 aliphatic carbocycles. The number of fused-ring (bicyclic) bond motifs is 1. The number of aliphatic carboxylic acids is 2. The number of rotatable bonds is 4. The molecule has 0 amide bonds. The Morgan fingerprint density at radius 2 is 1.41 bits per heavy atom. The second kappa shape index (κ2) is 13.2. The van der Waals surface area contributed by atoms with Gasteiger partial charge in [-0.2, -0.15) is 31.4 Å². The first-order valence-corrected chi connectivity index (χ1v) is 11.4. The molecule has 10 nitrogen and oxygen atoms in total. The van der Waals surface area contributed by atoms with Crippen LogP contribution in [0.4, 0.5) is 32.2 Å². The van der Waals surface area contributed by atoms with E-state index in [0.717, 1.165) is 56.5 Å². The quantitative estimate of drug-likeness (QED) is 0.458. The molecule has 4 rings (SSSR count). The number of aromatic nitrogens is 4. The van der Waals surface area contributed by atoms with Gasteiger partial charge in [-0.15, -0.1) is 0 Å². The van der Waals surface area contributed by atoms with Crippen molar-refractivity contribution in [1.29, 1.82) is 0 Å². The highest BCUT2D eigenvalue weighted by Crippen LogP contribution is 2.18. The molecular weight excluding hydrogens is 538 g/mol. The van der Waals surface area contributed by atoms with Gasteiger partial charge in [0.1, 0.15) is 5.82 Å². The Morgan fingerprint density at radius 1 is 0.872 bits per heavy atom. The second-order valence-electron chi connectivity index (χ2n) is 8.28. The SMILES string of the molecule is Cc1cnc(C)c(N2CCN(CCn3ncc4ccccc43)CC2)n1.O=C(O)C(F)(F)F.O=C(O)C(F)(F)F. The number of aryl methyl sites for hydroxylation is 2. The van der Waals surface area contributed by atoms with E-state index in [1.165, 1.54) is 10.9 Å². The Kier molecular flexibility index (Phi) is 10.6. The maximum Gasteiger partial charge on any atom is 0.490 e. The van der Waals surface area contributed by atoms with Gasteiger partial charge < -0.3 is 15.1 Å². The summed E-state index contributed by atoms with van der Waals surface area (Å²) in [6, 6.07) is 8.39. The van der Waals surface area contributed by atoms with Crippen LogP contribution in [0.1, 0.15) is 11.4 Å². The summed E-state index contributed by atoms with van der Waals surface area (Å²) < 4.78 is 65.6. The fourth-order valence-corrected chi connectivity index (χ4v) is 3.45. The molecule has 1 aliphatic heterocycles. The number of piperazine rings is 1. The van der Waals surface area contributed by atoms with Crippen LogP contribution in [0, 0.1) is 13.8 Å². The van der Waals surface area contributed by atoms with E-state index in [0.29, 0.717) is 0 Å². The van der Waals surface area contributed by atoms with Crippen molar-refractivity contribution >= 4 is 28.7 Å². The smallest absolute Gasteiger partial charge is 0.475 e. The summed E-state index contributed by atoms with van der Waals surface area (Å²) >= 11 is 0. The van der Waals surface area contributed by atoms with Crippen molar-refractivity contribution in [3.05, 3.63) is 48.0 Å². The van der Waals surface area contributed by atoms with Crippen LogP contribution in [0.5, 0.6) is 0 Å². The summed E-state index contributed by atoms with van der Waals surface area (Å²) in [6.45, 7) is 10.1. The fraction of sp³-hybridized carbons (Fsp3) is 0.435. The van der Waals surface area contributed by atoms with Crippen molar-refractivity contribution in [3.8, 4) is 0 Å². The number of carboxylic acids is 2. The number of nitrogens with zero attached hydrogens (tertiary/aromatic N) is 6. The van der Waals surface area contributed by atoms with Crippen molar-refractivity contribution in [2.24, 2.45) is 0 Å². The average Bonchev–Trinajstić information content (AvgIpc) is 3.27. The highest BCUT2D eigenvalue weighted by atomic mass is 19.4. The van der Waals surface area contributed by atoms with E-state index in [1.807, 2.05) is 26.2 Å². The number of carbonyl (C=O) groups is 2. The number of anilines is 1. The van der Waals surface area contributed by atoms with E-state index in [-0.39, 0.29) is 0 Å². The first-order valence-electron chi connectivity index (χ1n) is 11.4. The molecule has 39 heavy (non-hydrogen) atoms. The Bertz CT molecular complexity index is 1230. The van der Waals surface area contributed by atoms with Crippen molar-refractivity contribution in [1.82, 2.24) is 24.6 Å². The lowest BCUT2D eigenvalue weighted by Crippen LogP contribution is -2.47. The fourth-order valence-electron chi connectivity index (χ4n) is 3.45. The normalized spacial score (nSPS) is 14.2. The maximum atomic E-state index is 10.6. The summed E-state index contributed by atoms with van der Waals surface area (Å²) in [4.78, 5) is 31.8. The van der Waals surface area contributed by atoms with E-state index in [2.05, 4.69) is 53.8 Å². The highest BCUT2D eigenvalue weighted by molar-refractivity contribution is 5.78. The monoisotopic (exact) mass is 564 g/mol. The van der Waals surface area contributed by atoms with Crippen molar-refractivity contribution in [2.75, 3.05) is 37.6 Å². The molecule has 3 aromatic rings. The van der Waals surface area contributed by atoms with Crippen LogP contribution >= 0.6 is 0 Å². The lowest BCUT2D eigenvalue weighted by Gasteiger charge is -2.35. The molecule has 2 aromatic heterocycles. The molecule has 214 valence electrons. The van der Waals surface area contributed by atoms with Crippen LogP contribution in [0.15, 0.2) is 36.7 Å². The third-order valence-corrected chi connectivity index (χ3v) is 5.39. The summed E-state index contributed by atoms with van der Waals surface area (Å²) in [5.41, 5.74) is 3.21. The van der Waals surface area contributed by atoms with Crippen LogP contribution in [-0.4, -0.2) is 91.9 Å². The molecule has 3 heterocycles. The molecule has 0 saturated carbocycles. The average molecular weight is 564 g/mol. The first kappa shape index (κ1) is 31.3. The number of hydrogen-bond acceptors (Lipinski definition) is 7. The standard InChI is InChI=1S/C19H24N6.2C2HF3O2/c1-15-13-20-16(2)19(22-15)24-10-7-23(8-11-24)9-12-25-18-6-4-3-5-17(18)14-21-25;2*3-2(4,5)1(6)7/h3-6,13-14H,7-12H2,1-2H3;2*(H,6,7). The van der Waals surface area contributed by atoms with Gasteiger partial charge in [0.05, 0.1) is 29.6 Å². The predicted molar refractivity (Wildman–Crippen MR) is 127 cm³/mol. The zero-order valence-electron chi connectivity index (χ0n) is 20.9. The molecular formula is C23H26F6N6O4. The van der Waals surface area contributed by atoms with Gasteiger partial charge in [-0.25, -0.2) is 14.6 Å². The minimum atomic E-state index is -5.08. The zero-order chi connectivity index (χ0) is 29.4. The number of alkyl halides is 6. The Morgan fingerprint density at radius 3 is 1.95 bits per heavy atom. The molecule has 16 heteroatoms. The molecule has 1 saturated heterocycles. The van der Waals surface area contributed by atoms with Crippen LogP contribution in [0.3, 0.4) is 0 Å². The largest absolute Gasteiger partial charge is 0.490 e. The maximum absolute atomic E-state index is 10.6. The molecule has 2 N–H and O–H groups in total. The van der Waals surface area contributed by atoms with Gasteiger partial charge in [0.2, 0.25) is 0 Å². The summed E-state index contributed by atoms with van der Waals surface area (Å²) in [5, 5.41) is 20.0. The van der Waals surface area contributed by atoms with E-state index < -0.39 is 24.3 Å². The number of carboxylic acid groups (broad SMARTS) is 2. The molecule has 1 fully saturated rings. The summed E-state index contributed by atoms with van der Waals surface area (Å²) in [5.74, 6) is -4.47. The van der Waals surface area contributed by atoms with Gasteiger partial charge in [-0.1, -0.05) is 18.2 Å². The number of para-hydroxylation sites is 1. The van der Waals surface area contributed by atoms with Crippen LogP contribution < -0.4 is 4.90 Å². The van der Waals surface area contributed by atoms with Gasteiger partial charge in [0.15, 0.2) is 0 Å². The van der Waals surface area contributed by atoms with E-state index in [1.54, 1.807) is 0 Å². The molecule has 0 radical (unpaired) electrons. The first-order chi connectivity index (χ1) is 18.1. The topological polar surface area (TPSA) is 125 Å². The third kappa shape index (κ3) is 9.70. The molecule has 0 bridgehead atoms. The van der Waals surface area contributed by atoms with Crippen molar-refractivity contribution < 1.29 is 46.1 Å². The number of halogens is 6. The Hall–Kier alpha value is -3.95. The molecule has 1 aliphatic rings. The van der Waals surface area contributed by atoms with Crippen LogP contribution in [0.2, 0.25) is 0 Å². The lowest BCUT2D eigenvalue weighted by atomic mass is 10.2. The van der Waals surface area contributed by atoms with E-state index in [4.69, 9.17) is 19.8 Å². The Labute approximate surface area is 218 Å². The molecule has 0 atom stereocenters. The van der Waals surface area contributed by atoms with Crippen LogP contribution in [0.25, 0.3) is 10.9 Å². The molecule has 0 spiro atoms. The number of hydrogen-bond donors (Lipinski definition) is 2. The van der Waals surface area contributed by atoms with Gasteiger partial charge in [-0.3, -0.25) is 14.6 Å². The van der Waals surface area contributed by atoms with Crippen molar-refractivity contribution in [2.45, 2.75) is 32.7 Å². The second-order valence-corrected chi connectivity index (χ2v) is 8.28. The van der Waals surface area contributed by atoms with Gasteiger partial charge in [0, 0.05) is 44.3 Å². The van der Waals surface area contributed by atoms with Crippen LogP contribution in [-0.2, 0) is 16.1 Å². The number of benzene rings is 1. The highest BCUT2D eigenvalue weighted by Gasteiger charge is 2.38. The molecule has 1 aromatic carbocycles. The minimum absolute atomic E-state index is 0.927. The van der Waals surface area contributed by atoms with E-state index >= 15 is 0 Å². The van der Waals surface area contributed by atoms with Gasteiger partial charge >= 0.3 is 24.3 Å². The third-order valence-electron chi connectivity index (χ3n) is 5.39. The predicted octanol–water partition coefficient (Wildman–Crippen LogP) is 3.53. The minimum Gasteiger partial charge on any atom is -0.475 e. The van der Waals surface area contributed by atoms with Gasteiger partial charge in [-0.05, 0) is 19.9 Å². The summed E-state index contributed by atoms with van der Waals surface area (Å²) in [7, 11) is 0.